The van der Waals surface area contributed by atoms with Crippen molar-refractivity contribution in [3.05, 3.63) is 48.5 Å². The number of fused-ring (bicyclic) bond motifs is 3. The standard InChI is InChI=1S/C17H20N2O/c1-18-13(12-20)10-11-19-16-8-4-2-6-14(16)15-7-3-5-9-17(15)19/h2-9,13,18,20H,10-12H2,1H3. The fourth-order valence-electron chi connectivity index (χ4n) is 2.86. The predicted molar refractivity (Wildman–Crippen MR) is 84.0 cm³/mol. The summed E-state index contributed by atoms with van der Waals surface area (Å²) in [6.45, 7) is 1.08. The Morgan fingerprint density at radius 3 is 2.05 bits per heavy atom. The molecule has 0 aliphatic heterocycles. The predicted octanol–water partition coefficient (Wildman–Crippen LogP) is 2.76. The van der Waals surface area contributed by atoms with Gasteiger partial charge in [-0.3, -0.25) is 0 Å². The molecule has 1 unspecified atom stereocenters. The first-order valence-corrected chi connectivity index (χ1v) is 7.09. The van der Waals surface area contributed by atoms with Gasteiger partial charge in [-0.25, -0.2) is 0 Å². The molecule has 0 radical (unpaired) electrons. The first kappa shape index (κ1) is 13.2. The third-order valence-corrected chi connectivity index (χ3v) is 4.01. The van der Waals surface area contributed by atoms with Gasteiger partial charge in [0.2, 0.25) is 0 Å². The largest absolute Gasteiger partial charge is 0.395 e. The number of nitrogens with one attached hydrogen (secondary N) is 1. The van der Waals surface area contributed by atoms with Gasteiger partial charge >= 0.3 is 0 Å². The molecule has 1 atom stereocenters. The lowest BCUT2D eigenvalue weighted by molar-refractivity contribution is 0.238. The van der Waals surface area contributed by atoms with Crippen molar-refractivity contribution in [1.29, 1.82) is 0 Å². The SMILES string of the molecule is CNC(CO)CCn1c2ccccc2c2ccccc21. The number of para-hydroxylation sites is 2. The summed E-state index contributed by atoms with van der Waals surface area (Å²) in [7, 11) is 1.90. The van der Waals surface area contributed by atoms with Crippen molar-refractivity contribution in [2.45, 2.75) is 19.0 Å². The van der Waals surface area contributed by atoms with Gasteiger partial charge in [0.25, 0.3) is 0 Å². The molecule has 20 heavy (non-hydrogen) atoms. The average Bonchev–Trinajstić information content (AvgIpc) is 2.83. The fraction of sp³-hybridized carbons (Fsp3) is 0.294. The van der Waals surface area contributed by atoms with Gasteiger partial charge in [-0.1, -0.05) is 36.4 Å². The number of rotatable bonds is 5. The van der Waals surface area contributed by atoms with Gasteiger partial charge in [-0.2, -0.15) is 0 Å². The third kappa shape index (κ3) is 2.19. The van der Waals surface area contributed by atoms with E-state index in [1.165, 1.54) is 21.8 Å². The van der Waals surface area contributed by atoms with E-state index < -0.39 is 0 Å². The first-order chi connectivity index (χ1) is 9.85. The molecule has 0 aliphatic rings. The molecule has 2 N–H and O–H groups in total. The van der Waals surface area contributed by atoms with E-state index in [-0.39, 0.29) is 12.6 Å². The van der Waals surface area contributed by atoms with Crippen LogP contribution in [0.25, 0.3) is 21.8 Å². The van der Waals surface area contributed by atoms with Crippen LogP contribution in [0.3, 0.4) is 0 Å². The third-order valence-electron chi connectivity index (χ3n) is 4.01. The zero-order valence-corrected chi connectivity index (χ0v) is 11.7. The number of aryl methyl sites for hydroxylation is 1. The molecule has 3 nitrogen and oxygen atoms in total. The lowest BCUT2D eigenvalue weighted by Crippen LogP contribution is -2.30. The fourth-order valence-corrected chi connectivity index (χ4v) is 2.86. The molecule has 0 saturated carbocycles. The number of hydrogen-bond acceptors (Lipinski definition) is 2. The summed E-state index contributed by atoms with van der Waals surface area (Å²) >= 11 is 0. The molecule has 104 valence electrons. The highest BCUT2D eigenvalue weighted by Crippen LogP contribution is 2.28. The number of hydrogen-bond donors (Lipinski definition) is 2. The molecule has 0 saturated heterocycles. The molecule has 2 aromatic carbocycles. The van der Waals surface area contributed by atoms with Crippen molar-refractivity contribution < 1.29 is 5.11 Å². The highest BCUT2D eigenvalue weighted by molar-refractivity contribution is 6.07. The number of aliphatic hydroxyl groups excluding tert-OH is 1. The zero-order chi connectivity index (χ0) is 13.9. The molecule has 3 rings (SSSR count). The van der Waals surface area contributed by atoms with E-state index in [0.717, 1.165) is 13.0 Å². The number of nitrogens with zero attached hydrogens (tertiary/aromatic N) is 1. The van der Waals surface area contributed by atoms with Gasteiger partial charge in [0.05, 0.1) is 6.61 Å². The van der Waals surface area contributed by atoms with Crippen LogP contribution in [0.15, 0.2) is 48.5 Å². The molecule has 1 aromatic heterocycles. The number of likely N-dealkylation sites (N-methyl/N-ethyl adjacent to an activating group) is 1. The van der Waals surface area contributed by atoms with Gasteiger partial charge in [-0.15, -0.1) is 0 Å². The Bertz CT molecular complexity index is 660. The maximum absolute atomic E-state index is 9.31. The summed E-state index contributed by atoms with van der Waals surface area (Å²) in [4.78, 5) is 0. The Labute approximate surface area is 118 Å². The monoisotopic (exact) mass is 268 g/mol. The van der Waals surface area contributed by atoms with Crippen molar-refractivity contribution in [2.75, 3.05) is 13.7 Å². The molecular formula is C17H20N2O. The van der Waals surface area contributed by atoms with E-state index in [9.17, 15) is 5.11 Å². The van der Waals surface area contributed by atoms with Gasteiger partial charge in [0.15, 0.2) is 0 Å². The van der Waals surface area contributed by atoms with Crippen molar-refractivity contribution in [3.8, 4) is 0 Å². The van der Waals surface area contributed by atoms with Gasteiger partial charge < -0.3 is 15.0 Å². The molecular weight excluding hydrogens is 248 g/mol. The van der Waals surface area contributed by atoms with Crippen LogP contribution in [0.2, 0.25) is 0 Å². The van der Waals surface area contributed by atoms with Gasteiger partial charge in [0.1, 0.15) is 0 Å². The summed E-state index contributed by atoms with van der Waals surface area (Å²) in [6.07, 6.45) is 0.912. The topological polar surface area (TPSA) is 37.2 Å². The van der Waals surface area contributed by atoms with Crippen LogP contribution in [-0.4, -0.2) is 29.4 Å². The number of aromatic nitrogens is 1. The van der Waals surface area contributed by atoms with Crippen LogP contribution in [-0.2, 0) is 6.54 Å². The van der Waals surface area contributed by atoms with Gasteiger partial charge in [-0.05, 0) is 25.6 Å². The van der Waals surface area contributed by atoms with Gasteiger partial charge in [0, 0.05) is 34.4 Å². The molecule has 0 amide bonds. The molecule has 0 spiro atoms. The minimum Gasteiger partial charge on any atom is -0.395 e. The molecule has 1 heterocycles. The van der Waals surface area contributed by atoms with E-state index in [1.807, 2.05) is 7.05 Å². The van der Waals surface area contributed by atoms with E-state index in [0.29, 0.717) is 0 Å². The van der Waals surface area contributed by atoms with Crippen molar-refractivity contribution in [3.63, 3.8) is 0 Å². The normalized spacial score (nSPS) is 13.1. The number of aliphatic hydroxyl groups is 1. The summed E-state index contributed by atoms with van der Waals surface area (Å²) in [5.41, 5.74) is 2.53. The maximum Gasteiger partial charge on any atom is 0.0585 e. The molecule has 0 aliphatic carbocycles. The highest BCUT2D eigenvalue weighted by Gasteiger charge is 2.11. The minimum atomic E-state index is 0.148. The Balaban J connectivity index is 2.07. The van der Waals surface area contributed by atoms with E-state index in [1.54, 1.807) is 0 Å². The lowest BCUT2D eigenvalue weighted by atomic mass is 10.2. The summed E-state index contributed by atoms with van der Waals surface area (Å²) < 4.78 is 2.35. The average molecular weight is 268 g/mol. The smallest absolute Gasteiger partial charge is 0.0585 e. The second-order valence-corrected chi connectivity index (χ2v) is 5.14. The Morgan fingerprint density at radius 2 is 1.55 bits per heavy atom. The van der Waals surface area contributed by atoms with Crippen molar-refractivity contribution in [1.82, 2.24) is 9.88 Å². The Morgan fingerprint density at radius 1 is 1.00 bits per heavy atom. The lowest BCUT2D eigenvalue weighted by Gasteiger charge is -2.14. The summed E-state index contributed by atoms with van der Waals surface area (Å²) in [5, 5.41) is 15.1. The summed E-state index contributed by atoms with van der Waals surface area (Å²) in [5.74, 6) is 0. The molecule has 3 heteroatoms. The summed E-state index contributed by atoms with van der Waals surface area (Å²) in [6, 6.07) is 17.2. The van der Waals surface area contributed by atoms with Crippen molar-refractivity contribution >= 4 is 21.8 Å². The molecule has 3 aromatic rings. The highest BCUT2D eigenvalue weighted by atomic mass is 16.3. The quantitative estimate of drug-likeness (QED) is 0.746. The van der Waals surface area contributed by atoms with Crippen LogP contribution < -0.4 is 5.32 Å². The number of benzene rings is 2. The second-order valence-electron chi connectivity index (χ2n) is 5.14. The van der Waals surface area contributed by atoms with E-state index in [2.05, 4.69) is 58.4 Å². The van der Waals surface area contributed by atoms with Crippen molar-refractivity contribution in [2.24, 2.45) is 0 Å². The van der Waals surface area contributed by atoms with E-state index in [4.69, 9.17) is 0 Å². The minimum absolute atomic E-state index is 0.148. The van der Waals surface area contributed by atoms with Crippen LogP contribution in [0.1, 0.15) is 6.42 Å². The molecule has 0 bridgehead atoms. The van der Waals surface area contributed by atoms with Crippen LogP contribution >= 0.6 is 0 Å². The van der Waals surface area contributed by atoms with Crippen LogP contribution in [0.4, 0.5) is 0 Å². The first-order valence-electron chi connectivity index (χ1n) is 7.09. The Kier molecular flexibility index (Phi) is 3.72. The van der Waals surface area contributed by atoms with Crippen LogP contribution in [0.5, 0.6) is 0 Å². The second kappa shape index (κ2) is 5.65. The van der Waals surface area contributed by atoms with E-state index >= 15 is 0 Å². The molecule has 0 fully saturated rings. The zero-order valence-electron chi connectivity index (χ0n) is 11.7. The Hall–Kier alpha value is -1.84. The maximum atomic E-state index is 9.31. The van der Waals surface area contributed by atoms with Crippen LogP contribution in [0, 0.1) is 0 Å².